The first-order valence-corrected chi connectivity index (χ1v) is 14.8. The fourth-order valence-corrected chi connectivity index (χ4v) is 7.04. The monoisotopic (exact) mass is 587 g/mol. The summed E-state index contributed by atoms with van der Waals surface area (Å²) >= 11 is 0. The maximum absolute atomic E-state index is 14.6. The first kappa shape index (κ1) is 30.4. The Morgan fingerprint density at radius 2 is 1.83 bits per heavy atom. The quantitative estimate of drug-likeness (QED) is 0.416. The number of halogens is 3. The van der Waals surface area contributed by atoms with Crippen molar-refractivity contribution >= 4 is 11.5 Å². The van der Waals surface area contributed by atoms with Crippen molar-refractivity contribution in [3.05, 3.63) is 53.7 Å². The van der Waals surface area contributed by atoms with Crippen molar-refractivity contribution in [3.8, 4) is 6.19 Å². The van der Waals surface area contributed by atoms with Crippen molar-refractivity contribution in [2.75, 3.05) is 58.9 Å². The second kappa shape index (κ2) is 13.0. The molecule has 4 aliphatic heterocycles. The summed E-state index contributed by atoms with van der Waals surface area (Å²) in [6.07, 6.45) is 1.16. The third-order valence-corrected chi connectivity index (χ3v) is 9.28. The molecule has 3 saturated heterocycles. The van der Waals surface area contributed by atoms with E-state index in [0.717, 1.165) is 45.2 Å². The lowest BCUT2D eigenvalue weighted by atomic mass is 9.74. The number of allylic oxidation sites excluding steroid dienone is 2. The number of benzene rings is 1. The zero-order valence-corrected chi connectivity index (χ0v) is 23.7. The number of piperidine rings is 2. The molecule has 42 heavy (non-hydrogen) atoms. The van der Waals surface area contributed by atoms with Gasteiger partial charge >= 0.3 is 6.18 Å². The highest BCUT2D eigenvalue weighted by Crippen LogP contribution is 2.45. The van der Waals surface area contributed by atoms with Crippen LogP contribution in [0.3, 0.4) is 0 Å². The molecule has 4 N–H and O–H groups in total. The predicted octanol–water partition coefficient (Wildman–Crippen LogP) is 2.00. The smallest absolute Gasteiger partial charge is 0.391 e. The Kier molecular flexibility index (Phi) is 9.42. The molecule has 0 radical (unpaired) electrons. The number of nitrogens with one attached hydrogen (secondary N) is 1. The molecule has 0 saturated carbocycles. The molecule has 12 heteroatoms. The summed E-state index contributed by atoms with van der Waals surface area (Å²) in [6, 6.07) is 7.50. The first-order valence-electron chi connectivity index (χ1n) is 14.8. The van der Waals surface area contributed by atoms with Gasteiger partial charge in [-0.15, -0.1) is 0 Å². The van der Waals surface area contributed by atoms with E-state index in [1.54, 1.807) is 35.3 Å². The number of nitrogens with two attached hydrogens (primary N) is 1. The Balaban J connectivity index is 1.48. The van der Waals surface area contributed by atoms with Crippen LogP contribution in [0, 0.1) is 29.2 Å². The van der Waals surface area contributed by atoms with Crippen LogP contribution in [-0.2, 0) is 4.79 Å². The molecule has 5 rings (SSSR count). The number of hydrogen-bond donors (Lipinski definition) is 3. The summed E-state index contributed by atoms with van der Waals surface area (Å²) in [5, 5.41) is 28.0. The normalized spacial score (nSPS) is 29.9. The minimum atomic E-state index is -4.64. The van der Waals surface area contributed by atoms with Crippen LogP contribution in [0.15, 0.2) is 48.2 Å². The highest BCUT2D eigenvalue weighted by atomic mass is 19.4. The largest absolute Gasteiger partial charge is 0.416 e. The molecule has 0 spiro atoms. The first-order chi connectivity index (χ1) is 20.2. The van der Waals surface area contributed by atoms with E-state index >= 15 is 0 Å². The molecule has 5 atom stereocenters. The molecule has 1 aromatic rings. The highest BCUT2D eigenvalue weighted by Gasteiger charge is 2.49. The number of piperazine rings is 1. The van der Waals surface area contributed by atoms with E-state index in [1.807, 2.05) is 5.01 Å². The summed E-state index contributed by atoms with van der Waals surface area (Å²) in [5.41, 5.74) is 5.51. The molecule has 5 unspecified atom stereocenters. The number of aliphatic hydroxyl groups is 1. The van der Waals surface area contributed by atoms with Gasteiger partial charge in [-0.05, 0) is 48.9 Å². The number of alkyl halides is 3. The van der Waals surface area contributed by atoms with Crippen LogP contribution in [0.1, 0.15) is 24.8 Å². The van der Waals surface area contributed by atoms with Gasteiger partial charge in [0.15, 0.2) is 6.19 Å². The number of primary amides is 1. The lowest BCUT2D eigenvalue weighted by Crippen LogP contribution is -2.60. The van der Waals surface area contributed by atoms with Gasteiger partial charge in [0, 0.05) is 70.4 Å². The van der Waals surface area contributed by atoms with Crippen LogP contribution in [-0.4, -0.2) is 108 Å². The van der Waals surface area contributed by atoms with Crippen LogP contribution < -0.4 is 11.1 Å². The molecule has 0 bridgehead atoms. The van der Waals surface area contributed by atoms with Crippen LogP contribution in [0.2, 0.25) is 0 Å². The number of nitriles is 1. The second-order valence-corrected chi connectivity index (χ2v) is 11.7. The number of rotatable bonds is 7. The minimum Gasteiger partial charge on any atom is -0.391 e. The topological polar surface area (TPSA) is 112 Å². The third-order valence-electron chi connectivity index (χ3n) is 9.28. The van der Waals surface area contributed by atoms with Crippen molar-refractivity contribution in [1.29, 1.82) is 5.26 Å². The number of aliphatic hydroxyl groups excluding tert-OH is 1. The van der Waals surface area contributed by atoms with Gasteiger partial charge in [-0.25, -0.2) is 5.01 Å². The van der Waals surface area contributed by atoms with E-state index in [2.05, 4.69) is 16.4 Å². The van der Waals surface area contributed by atoms with Gasteiger partial charge < -0.3 is 31.0 Å². The number of hydrogen-bond acceptors (Lipinski definition) is 8. The Morgan fingerprint density at radius 1 is 1.10 bits per heavy atom. The number of likely N-dealkylation sites (tertiary alicyclic amines) is 1. The van der Waals surface area contributed by atoms with Crippen molar-refractivity contribution in [2.45, 2.75) is 37.6 Å². The molecule has 228 valence electrons. The van der Waals surface area contributed by atoms with Crippen LogP contribution in [0.5, 0.6) is 0 Å². The van der Waals surface area contributed by atoms with Crippen molar-refractivity contribution < 1.29 is 23.1 Å². The Bertz CT molecular complexity index is 1200. The minimum absolute atomic E-state index is 0.0527. The van der Waals surface area contributed by atoms with E-state index in [9.17, 15) is 28.3 Å². The predicted molar refractivity (Wildman–Crippen MR) is 152 cm³/mol. The standard InChI is InChI=1S/C30H40F3N7O2/c31-30(32,33)25-9-15-40(39-14-7-21(26(41)19-39)6-12-37-16-10-36-11-17-37)28(27(25)22-4-2-1-3-5-22)24-18-38(20-34)13-8-23(24)29(35)42/h1-5,9,15,21,23-24,26,28,36,41H,6-8,10-14,16-19H2,(H2,35,42). The molecule has 9 nitrogen and oxygen atoms in total. The number of hydrazine groups is 1. The van der Waals surface area contributed by atoms with Crippen molar-refractivity contribution in [2.24, 2.45) is 23.5 Å². The number of carbonyl (C=O) groups excluding carboxylic acids is 1. The van der Waals surface area contributed by atoms with Crippen LogP contribution >= 0.6 is 0 Å². The van der Waals surface area contributed by atoms with Gasteiger partial charge in [-0.1, -0.05) is 30.3 Å². The van der Waals surface area contributed by atoms with E-state index < -0.39 is 41.6 Å². The zero-order valence-electron chi connectivity index (χ0n) is 23.7. The van der Waals surface area contributed by atoms with Gasteiger partial charge in [0.05, 0.1) is 17.7 Å². The molecule has 0 aliphatic carbocycles. The summed E-state index contributed by atoms with van der Waals surface area (Å²) in [7, 11) is 0. The highest BCUT2D eigenvalue weighted by molar-refractivity contribution is 5.81. The maximum atomic E-state index is 14.6. The van der Waals surface area contributed by atoms with Crippen LogP contribution in [0.4, 0.5) is 13.2 Å². The van der Waals surface area contributed by atoms with Crippen molar-refractivity contribution in [3.63, 3.8) is 0 Å². The Labute approximate surface area is 245 Å². The molecule has 1 aromatic carbocycles. The Morgan fingerprint density at radius 3 is 2.48 bits per heavy atom. The zero-order chi connectivity index (χ0) is 29.9. The summed E-state index contributed by atoms with van der Waals surface area (Å²) in [4.78, 5) is 16.6. The third kappa shape index (κ3) is 6.59. The van der Waals surface area contributed by atoms with E-state index in [1.165, 1.54) is 11.1 Å². The number of amides is 1. The van der Waals surface area contributed by atoms with E-state index in [4.69, 9.17) is 5.73 Å². The molecule has 0 aromatic heterocycles. The molecule has 3 fully saturated rings. The molecular formula is C30H40F3N7O2. The Hall–Kier alpha value is -3.11. The number of β-amino-alcohol motifs (C(OH)–C–C–N with tert-alkyl or cyclic N) is 1. The molecular weight excluding hydrogens is 547 g/mol. The molecule has 4 aliphatic rings. The lowest BCUT2D eigenvalue weighted by molar-refractivity contribution is -0.130. The summed E-state index contributed by atoms with van der Waals surface area (Å²) in [6.45, 7) is 5.99. The van der Waals surface area contributed by atoms with Gasteiger partial charge in [0.25, 0.3) is 0 Å². The average molecular weight is 588 g/mol. The fourth-order valence-electron chi connectivity index (χ4n) is 7.04. The van der Waals surface area contributed by atoms with E-state index in [0.29, 0.717) is 25.1 Å². The molecule has 1 amide bonds. The van der Waals surface area contributed by atoms with E-state index in [-0.39, 0.29) is 31.0 Å². The summed E-state index contributed by atoms with van der Waals surface area (Å²) in [5.74, 6) is -1.90. The van der Waals surface area contributed by atoms with Crippen molar-refractivity contribution in [1.82, 2.24) is 25.1 Å². The number of carbonyl (C=O) groups is 1. The van der Waals surface area contributed by atoms with Gasteiger partial charge in [0.1, 0.15) is 0 Å². The molecule has 4 heterocycles. The summed E-state index contributed by atoms with van der Waals surface area (Å²) < 4.78 is 43.8. The average Bonchev–Trinajstić information content (AvgIpc) is 2.99. The van der Waals surface area contributed by atoms with Gasteiger partial charge in [-0.3, -0.25) is 4.79 Å². The van der Waals surface area contributed by atoms with Crippen LogP contribution in [0.25, 0.3) is 5.57 Å². The SMILES string of the molecule is N#CN1CCC(C(N)=O)C(C2C(c3ccccc3)=C(C(F)(F)F)C=CN2N2CCC(CCN3CCNCC3)C(O)C2)C1. The second-order valence-electron chi connectivity index (χ2n) is 11.7. The number of nitrogens with zero attached hydrogens (tertiary/aromatic N) is 5. The fraction of sp³-hybridized carbons (Fsp3) is 0.600. The lowest BCUT2D eigenvalue weighted by Gasteiger charge is -2.51. The van der Waals surface area contributed by atoms with Gasteiger partial charge in [0.2, 0.25) is 5.91 Å². The maximum Gasteiger partial charge on any atom is 0.416 e. The van der Waals surface area contributed by atoms with Gasteiger partial charge in [-0.2, -0.15) is 18.4 Å².